The van der Waals surface area contributed by atoms with Gasteiger partial charge in [-0.15, -0.1) is 5.53 Å². The number of alkyl halides is 1. The standard InChI is InChI=1S/C26H32FN5O2/c1-17(2)18-9-11-20(12-10-18)25(19-7-5-4-6-8-19)28-26(34)23-13-21(27)15-32(23)24(33)14-22-16-31(3)30-29-22/h4-12,16-17,21,23,25,29-30H,13-15H2,1-3H3,(H,28,34)/t21-,23+,25+/m1/s1. The van der Waals surface area contributed by atoms with Crippen molar-refractivity contribution in [2.45, 2.75) is 50.9 Å². The molecule has 2 amide bonds. The number of nitrogens with zero attached hydrogens (tertiary/aromatic N) is 2. The van der Waals surface area contributed by atoms with Crippen LogP contribution in [0.4, 0.5) is 4.39 Å². The Labute approximate surface area is 199 Å². The van der Waals surface area contributed by atoms with Gasteiger partial charge in [0.15, 0.2) is 0 Å². The number of likely N-dealkylation sites (tertiary alicyclic amines) is 1. The Balaban J connectivity index is 1.54. The van der Waals surface area contributed by atoms with E-state index in [2.05, 4.69) is 42.3 Å². The lowest BCUT2D eigenvalue weighted by Crippen LogP contribution is -2.47. The Kier molecular flexibility index (Phi) is 7.17. The normalized spacial score (nSPS) is 20.8. The molecule has 1 fully saturated rings. The summed E-state index contributed by atoms with van der Waals surface area (Å²) in [7, 11) is 1.80. The quantitative estimate of drug-likeness (QED) is 0.586. The first-order valence-corrected chi connectivity index (χ1v) is 11.7. The Hall–Kier alpha value is -3.39. The van der Waals surface area contributed by atoms with E-state index < -0.39 is 18.3 Å². The highest BCUT2D eigenvalue weighted by atomic mass is 19.1. The minimum absolute atomic E-state index is 0.00397. The van der Waals surface area contributed by atoms with E-state index in [0.717, 1.165) is 11.1 Å². The Bertz CT molecular complexity index is 1040. The number of rotatable bonds is 7. The predicted molar refractivity (Wildman–Crippen MR) is 129 cm³/mol. The molecule has 3 atom stereocenters. The largest absolute Gasteiger partial charge is 0.343 e. The maximum Gasteiger partial charge on any atom is 0.243 e. The van der Waals surface area contributed by atoms with Gasteiger partial charge >= 0.3 is 0 Å². The van der Waals surface area contributed by atoms with Gasteiger partial charge in [0.25, 0.3) is 0 Å². The number of hydrogen-bond acceptors (Lipinski definition) is 5. The number of halogens is 1. The van der Waals surface area contributed by atoms with Crippen molar-refractivity contribution in [2.24, 2.45) is 0 Å². The van der Waals surface area contributed by atoms with Gasteiger partial charge in [0.05, 0.1) is 24.7 Å². The summed E-state index contributed by atoms with van der Waals surface area (Å²) >= 11 is 0. The van der Waals surface area contributed by atoms with E-state index in [4.69, 9.17) is 0 Å². The number of amides is 2. The number of nitrogens with one attached hydrogen (secondary N) is 3. The number of hydrogen-bond donors (Lipinski definition) is 3. The highest BCUT2D eigenvalue weighted by Crippen LogP contribution is 2.27. The van der Waals surface area contributed by atoms with E-state index >= 15 is 0 Å². The van der Waals surface area contributed by atoms with Crippen molar-refractivity contribution in [2.75, 3.05) is 13.6 Å². The van der Waals surface area contributed by atoms with Crippen LogP contribution in [0, 0.1) is 0 Å². The van der Waals surface area contributed by atoms with E-state index in [1.807, 2.05) is 42.5 Å². The average Bonchev–Trinajstić information content (AvgIpc) is 3.43. The number of benzene rings is 2. The molecule has 2 aliphatic heterocycles. The van der Waals surface area contributed by atoms with Crippen molar-refractivity contribution in [3.05, 3.63) is 83.2 Å². The lowest BCUT2D eigenvalue weighted by Gasteiger charge is -2.27. The molecule has 2 aliphatic rings. The van der Waals surface area contributed by atoms with E-state index in [-0.39, 0.29) is 31.2 Å². The van der Waals surface area contributed by atoms with Crippen molar-refractivity contribution >= 4 is 11.8 Å². The third kappa shape index (κ3) is 5.39. The summed E-state index contributed by atoms with van der Waals surface area (Å²) in [6.45, 7) is 4.19. The summed E-state index contributed by atoms with van der Waals surface area (Å²) in [6, 6.07) is 16.6. The molecule has 8 heteroatoms. The molecule has 34 heavy (non-hydrogen) atoms. The van der Waals surface area contributed by atoms with Crippen LogP contribution in [0.15, 0.2) is 66.5 Å². The summed E-state index contributed by atoms with van der Waals surface area (Å²) in [5.74, 6) is -0.231. The highest BCUT2D eigenvalue weighted by molar-refractivity contribution is 5.89. The lowest BCUT2D eigenvalue weighted by molar-refractivity contribution is -0.138. The molecule has 4 rings (SSSR count). The Morgan fingerprint density at radius 2 is 1.71 bits per heavy atom. The second kappa shape index (κ2) is 10.3. The summed E-state index contributed by atoms with van der Waals surface area (Å²) in [6.07, 6.45) is 0.580. The Morgan fingerprint density at radius 1 is 1.06 bits per heavy atom. The first-order chi connectivity index (χ1) is 16.3. The zero-order valence-corrected chi connectivity index (χ0v) is 19.8. The minimum atomic E-state index is -1.23. The molecule has 180 valence electrons. The average molecular weight is 466 g/mol. The first-order valence-electron chi connectivity index (χ1n) is 11.7. The van der Waals surface area contributed by atoms with Gasteiger partial charge in [0.1, 0.15) is 12.2 Å². The fourth-order valence-electron chi connectivity index (χ4n) is 4.44. The molecule has 0 saturated carbocycles. The van der Waals surface area contributed by atoms with Crippen LogP contribution in [0.25, 0.3) is 0 Å². The van der Waals surface area contributed by atoms with Crippen LogP contribution in [0.1, 0.15) is 55.3 Å². The molecule has 0 spiro atoms. The number of carbonyl (C=O) groups excluding carboxylic acids is 2. The molecule has 0 bridgehead atoms. The summed E-state index contributed by atoms with van der Waals surface area (Å²) in [5, 5.41) is 4.78. The fourth-order valence-corrected chi connectivity index (χ4v) is 4.44. The second-order valence-corrected chi connectivity index (χ2v) is 9.25. The maximum absolute atomic E-state index is 14.4. The van der Waals surface area contributed by atoms with Gasteiger partial charge in [-0.25, -0.2) is 4.39 Å². The number of hydrazine groups is 2. The van der Waals surface area contributed by atoms with Crippen LogP contribution in [-0.2, 0) is 9.59 Å². The van der Waals surface area contributed by atoms with E-state index in [1.165, 1.54) is 10.5 Å². The van der Waals surface area contributed by atoms with Gasteiger partial charge in [-0.05, 0) is 22.6 Å². The molecule has 2 aromatic carbocycles. The van der Waals surface area contributed by atoms with Gasteiger partial charge in [0, 0.05) is 19.7 Å². The molecule has 0 radical (unpaired) electrons. The lowest BCUT2D eigenvalue weighted by atomic mass is 9.95. The molecular formula is C26H32FN5O2. The summed E-state index contributed by atoms with van der Waals surface area (Å²) < 4.78 is 14.4. The molecule has 0 unspecified atom stereocenters. The van der Waals surface area contributed by atoms with Crippen LogP contribution in [0.5, 0.6) is 0 Å². The van der Waals surface area contributed by atoms with Crippen LogP contribution in [0.3, 0.4) is 0 Å². The van der Waals surface area contributed by atoms with Crippen molar-refractivity contribution in [1.29, 1.82) is 0 Å². The molecule has 0 aromatic heterocycles. The van der Waals surface area contributed by atoms with Crippen molar-refractivity contribution in [1.82, 2.24) is 26.2 Å². The van der Waals surface area contributed by atoms with Gasteiger partial charge in [0.2, 0.25) is 11.8 Å². The first kappa shape index (κ1) is 23.8. The van der Waals surface area contributed by atoms with Crippen molar-refractivity contribution in [3.63, 3.8) is 0 Å². The number of carbonyl (C=O) groups is 2. The van der Waals surface area contributed by atoms with Gasteiger partial charge in [-0.3, -0.25) is 14.6 Å². The van der Waals surface area contributed by atoms with Gasteiger partial charge in [-0.1, -0.05) is 68.4 Å². The maximum atomic E-state index is 14.4. The monoisotopic (exact) mass is 465 g/mol. The predicted octanol–water partition coefficient (Wildman–Crippen LogP) is 3.14. The highest BCUT2D eigenvalue weighted by Gasteiger charge is 2.40. The van der Waals surface area contributed by atoms with E-state index in [9.17, 15) is 14.0 Å². The van der Waals surface area contributed by atoms with Crippen molar-refractivity contribution in [3.8, 4) is 0 Å². The smallest absolute Gasteiger partial charge is 0.243 e. The minimum Gasteiger partial charge on any atom is -0.343 e. The molecular weight excluding hydrogens is 433 g/mol. The van der Waals surface area contributed by atoms with Gasteiger partial charge < -0.3 is 15.6 Å². The molecule has 2 aromatic rings. The fraction of sp³-hybridized carbons (Fsp3) is 0.385. The second-order valence-electron chi connectivity index (χ2n) is 9.25. The SMILES string of the molecule is CC(C)c1ccc([C@@H](NC(=O)[C@@H]2C[C@@H](F)CN2C(=O)CC2=CN(C)NN2)c2ccccc2)cc1. The third-order valence-corrected chi connectivity index (χ3v) is 6.31. The summed E-state index contributed by atoms with van der Waals surface area (Å²) in [5.41, 5.74) is 9.49. The Morgan fingerprint density at radius 3 is 2.32 bits per heavy atom. The zero-order valence-electron chi connectivity index (χ0n) is 19.8. The van der Waals surface area contributed by atoms with Crippen molar-refractivity contribution < 1.29 is 14.0 Å². The molecule has 1 saturated heterocycles. The van der Waals surface area contributed by atoms with E-state index in [0.29, 0.717) is 11.6 Å². The van der Waals surface area contributed by atoms with Crippen LogP contribution in [-0.4, -0.2) is 47.5 Å². The molecule has 2 heterocycles. The topological polar surface area (TPSA) is 76.7 Å². The molecule has 0 aliphatic carbocycles. The van der Waals surface area contributed by atoms with Crippen LogP contribution >= 0.6 is 0 Å². The van der Waals surface area contributed by atoms with E-state index in [1.54, 1.807) is 18.3 Å². The molecule has 3 N–H and O–H groups in total. The van der Waals surface area contributed by atoms with Crippen LogP contribution < -0.4 is 16.3 Å². The van der Waals surface area contributed by atoms with Gasteiger partial charge in [-0.2, -0.15) is 0 Å². The zero-order chi connectivity index (χ0) is 24.2. The molecule has 7 nitrogen and oxygen atoms in total. The third-order valence-electron chi connectivity index (χ3n) is 6.31. The summed E-state index contributed by atoms with van der Waals surface area (Å²) in [4.78, 5) is 27.7. The van der Waals surface area contributed by atoms with Crippen LogP contribution in [0.2, 0.25) is 0 Å².